The van der Waals surface area contributed by atoms with Gasteiger partial charge in [0.2, 0.25) is 0 Å². The van der Waals surface area contributed by atoms with Crippen LogP contribution < -0.4 is 5.73 Å². The second kappa shape index (κ2) is 4.13. The zero-order valence-corrected chi connectivity index (χ0v) is 10.8. The van der Waals surface area contributed by atoms with Gasteiger partial charge in [-0.1, -0.05) is 38.0 Å². The molecular weight excluding hydrogens is 206 g/mol. The van der Waals surface area contributed by atoms with E-state index < -0.39 is 0 Å². The van der Waals surface area contributed by atoms with Crippen LogP contribution in [-0.2, 0) is 11.8 Å². The van der Waals surface area contributed by atoms with Crippen molar-refractivity contribution in [2.45, 2.75) is 63.3 Å². The lowest BCUT2D eigenvalue weighted by molar-refractivity contribution is 0.344. The van der Waals surface area contributed by atoms with E-state index in [1.165, 1.54) is 49.7 Å². The highest BCUT2D eigenvalue weighted by Crippen LogP contribution is 2.50. The van der Waals surface area contributed by atoms with Gasteiger partial charge in [-0.3, -0.25) is 0 Å². The van der Waals surface area contributed by atoms with Gasteiger partial charge in [-0.05, 0) is 54.2 Å². The molecule has 2 N–H and O–H groups in total. The van der Waals surface area contributed by atoms with Crippen LogP contribution in [0.15, 0.2) is 18.2 Å². The average molecular weight is 229 g/mol. The summed E-state index contributed by atoms with van der Waals surface area (Å²) in [5.74, 6) is 0. The SMILES string of the molecule is CCc1ccc2c(c1)C1(CCCC1)CCC2N. The Balaban J connectivity index is 2.11. The van der Waals surface area contributed by atoms with Crippen LogP contribution in [0.1, 0.15) is 68.2 Å². The molecule has 0 saturated heterocycles. The number of aryl methyl sites for hydroxylation is 1. The van der Waals surface area contributed by atoms with Crippen LogP contribution in [0.4, 0.5) is 0 Å². The smallest absolute Gasteiger partial charge is 0.0298 e. The molecule has 3 rings (SSSR count). The largest absolute Gasteiger partial charge is 0.324 e. The molecule has 0 bridgehead atoms. The molecule has 0 amide bonds. The van der Waals surface area contributed by atoms with Crippen molar-refractivity contribution in [1.29, 1.82) is 0 Å². The van der Waals surface area contributed by atoms with E-state index in [1.807, 2.05) is 0 Å². The maximum Gasteiger partial charge on any atom is 0.0298 e. The molecule has 0 heterocycles. The van der Waals surface area contributed by atoms with Crippen molar-refractivity contribution >= 4 is 0 Å². The Bertz CT molecular complexity index is 416. The molecular formula is C16H23N. The number of rotatable bonds is 1. The maximum absolute atomic E-state index is 6.29. The first-order chi connectivity index (χ1) is 8.25. The lowest BCUT2D eigenvalue weighted by Crippen LogP contribution is -2.32. The van der Waals surface area contributed by atoms with Crippen molar-refractivity contribution in [3.63, 3.8) is 0 Å². The maximum atomic E-state index is 6.29. The Morgan fingerprint density at radius 2 is 2.00 bits per heavy atom. The fourth-order valence-electron chi connectivity index (χ4n) is 3.90. The van der Waals surface area contributed by atoms with Crippen molar-refractivity contribution in [3.05, 3.63) is 34.9 Å². The van der Waals surface area contributed by atoms with Crippen LogP contribution in [-0.4, -0.2) is 0 Å². The first-order valence-corrected chi connectivity index (χ1v) is 7.14. The molecule has 1 heteroatoms. The van der Waals surface area contributed by atoms with Crippen LogP contribution in [0.3, 0.4) is 0 Å². The molecule has 1 nitrogen and oxygen atoms in total. The summed E-state index contributed by atoms with van der Waals surface area (Å²) in [5.41, 5.74) is 11.3. The summed E-state index contributed by atoms with van der Waals surface area (Å²) in [5, 5.41) is 0. The molecule has 1 spiro atoms. The Hall–Kier alpha value is -0.820. The highest BCUT2D eigenvalue weighted by atomic mass is 14.7. The standard InChI is InChI=1S/C16H23N/c1-2-12-5-6-13-14(11-12)16(8-3-4-9-16)10-7-15(13)17/h5-6,11,15H,2-4,7-10,17H2,1H3. The summed E-state index contributed by atoms with van der Waals surface area (Å²) in [6.45, 7) is 2.24. The first-order valence-electron chi connectivity index (χ1n) is 7.14. The van der Waals surface area contributed by atoms with E-state index in [0.29, 0.717) is 5.41 Å². The molecule has 1 atom stereocenters. The molecule has 1 aromatic rings. The molecule has 2 aliphatic carbocycles. The van der Waals surface area contributed by atoms with Gasteiger partial charge in [0.05, 0.1) is 0 Å². The van der Waals surface area contributed by atoms with Gasteiger partial charge in [0, 0.05) is 6.04 Å². The molecule has 92 valence electrons. The van der Waals surface area contributed by atoms with Gasteiger partial charge in [-0.15, -0.1) is 0 Å². The fraction of sp³-hybridized carbons (Fsp3) is 0.625. The van der Waals surface area contributed by atoms with Gasteiger partial charge >= 0.3 is 0 Å². The van der Waals surface area contributed by atoms with E-state index in [1.54, 1.807) is 5.56 Å². The van der Waals surface area contributed by atoms with Gasteiger partial charge in [-0.2, -0.15) is 0 Å². The van der Waals surface area contributed by atoms with Crippen LogP contribution >= 0.6 is 0 Å². The third-order valence-corrected chi connectivity index (χ3v) is 4.99. The van der Waals surface area contributed by atoms with Gasteiger partial charge < -0.3 is 5.73 Å². The fourth-order valence-corrected chi connectivity index (χ4v) is 3.90. The summed E-state index contributed by atoms with van der Waals surface area (Å²) in [6.07, 6.45) is 9.22. The van der Waals surface area contributed by atoms with Crippen molar-refractivity contribution in [1.82, 2.24) is 0 Å². The van der Waals surface area contributed by atoms with E-state index in [0.717, 1.165) is 6.42 Å². The average Bonchev–Trinajstić information content (AvgIpc) is 2.84. The highest BCUT2D eigenvalue weighted by molar-refractivity contribution is 5.42. The summed E-state index contributed by atoms with van der Waals surface area (Å²) < 4.78 is 0. The molecule has 17 heavy (non-hydrogen) atoms. The van der Waals surface area contributed by atoms with Crippen molar-refractivity contribution in [2.75, 3.05) is 0 Å². The predicted octanol–water partition coefficient (Wildman–Crippen LogP) is 3.85. The van der Waals surface area contributed by atoms with Crippen LogP contribution in [0.2, 0.25) is 0 Å². The zero-order chi connectivity index (χ0) is 11.9. The summed E-state index contributed by atoms with van der Waals surface area (Å²) >= 11 is 0. The van der Waals surface area contributed by atoms with Crippen molar-refractivity contribution in [3.8, 4) is 0 Å². The minimum Gasteiger partial charge on any atom is -0.324 e. The minimum absolute atomic E-state index is 0.280. The molecule has 2 aliphatic rings. The monoisotopic (exact) mass is 229 g/mol. The predicted molar refractivity (Wildman–Crippen MR) is 72.1 cm³/mol. The summed E-state index contributed by atoms with van der Waals surface area (Å²) in [4.78, 5) is 0. The number of fused-ring (bicyclic) bond motifs is 2. The Labute approximate surface area is 104 Å². The van der Waals surface area contributed by atoms with E-state index >= 15 is 0 Å². The van der Waals surface area contributed by atoms with Gasteiger partial charge in [0.1, 0.15) is 0 Å². The van der Waals surface area contributed by atoms with Crippen LogP contribution in [0, 0.1) is 0 Å². The number of hydrogen-bond acceptors (Lipinski definition) is 1. The van der Waals surface area contributed by atoms with Gasteiger partial charge in [0.15, 0.2) is 0 Å². The number of nitrogens with two attached hydrogens (primary N) is 1. The van der Waals surface area contributed by atoms with E-state index in [2.05, 4.69) is 25.1 Å². The highest BCUT2D eigenvalue weighted by Gasteiger charge is 2.40. The topological polar surface area (TPSA) is 26.0 Å². The second-order valence-corrected chi connectivity index (χ2v) is 5.91. The van der Waals surface area contributed by atoms with E-state index in [4.69, 9.17) is 5.73 Å². The molecule has 0 radical (unpaired) electrons. The van der Waals surface area contributed by atoms with Crippen LogP contribution in [0.5, 0.6) is 0 Å². The summed E-state index contributed by atoms with van der Waals surface area (Å²) in [6, 6.07) is 7.31. The third kappa shape index (κ3) is 1.72. The molecule has 0 aliphatic heterocycles. The zero-order valence-electron chi connectivity index (χ0n) is 10.8. The molecule has 1 unspecified atom stereocenters. The Morgan fingerprint density at radius 3 is 2.71 bits per heavy atom. The van der Waals surface area contributed by atoms with Crippen molar-refractivity contribution in [2.24, 2.45) is 5.73 Å². The van der Waals surface area contributed by atoms with Gasteiger partial charge in [0.25, 0.3) is 0 Å². The minimum atomic E-state index is 0.280. The third-order valence-electron chi connectivity index (χ3n) is 4.99. The van der Waals surface area contributed by atoms with Gasteiger partial charge in [-0.25, -0.2) is 0 Å². The second-order valence-electron chi connectivity index (χ2n) is 5.91. The molecule has 1 aromatic carbocycles. The Morgan fingerprint density at radius 1 is 1.24 bits per heavy atom. The Kier molecular flexibility index (Phi) is 2.74. The summed E-state index contributed by atoms with van der Waals surface area (Å²) in [7, 11) is 0. The van der Waals surface area contributed by atoms with Crippen LogP contribution in [0.25, 0.3) is 0 Å². The lowest BCUT2D eigenvalue weighted by Gasteiger charge is -2.39. The van der Waals surface area contributed by atoms with E-state index in [-0.39, 0.29) is 6.04 Å². The number of benzene rings is 1. The number of hydrogen-bond donors (Lipinski definition) is 1. The molecule has 1 saturated carbocycles. The molecule has 0 aromatic heterocycles. The van der Waals surface area contributed by atoms with E-state index in [9.17, 15) is 0 Å². The molecule has 1 fully saturated rings. The normalized spacial score (nSPS) is 26.1. The first kappa shape index (κ1) is 11.3. The lowest BCUT2D eigenvalue weighted by atomic mass is 9.67. The quantitative estimate of drug-likeness (QED) is 0.777. The van der Waals surface area contributed by atoms with Crippen molar-refractivity contribution < 1.29 is 0 Å².